The smallest absolute Gasteiger partial charge is 0.335 e. The van der Waals surface area contributed by atoms with Crippen molar-refractivity contribution in [2.45, 2.75) is 13.0 Å². The van der Waals surface area contributed by atoms with Crippen molar-refractivity contribution in [2.75, 3.05) is 13.2 Å². The summed E-state index contributed by atoms with van der Waals surface area (Å²) in [4.78, 5) is 15.6. The van der Waals surface area contributed by atoms with Gasteiger partial charge < -0.3 is 14.4 Å². The number of carbonyl (C=O) groups is 1. The Morgan fingerprint density at radius 1 is 1.24 bits per heavy atom. The van der Waals surface area contributed by atoms with Crippen molar-refractivity contribution in [1.82, 2.24) is 9.55 Å². The van der Waals surface area contributed by atoms with E-state index < -0.39 is 5.97 Å². The van der Waals surface area contributed by atoms with Crippen LogP contribution in [0.25, 0.3) is 16.6 Å². The van der Waals surface area contributed by atoms with Gasteiger partial charge in [0, 0.05) is 24.3 Å². The summed E-state index contributed by atoms with van der Waals surface area (Å²) in [5.41, 5.74) is 4.71. The molecular formula is C20H18N2O3. The van der Waals surface area contributed by atoms with Gasteiger partial charge in [-0.05, 0) is 47.4 Å². The van der Waals surface area contributed by atoms with Gasteiger partial charge in [0.1, 0.15) is 5.65 Å². The summed E-state index contributed by atoms with van der Waals surface area (Å²) < 4.78 is 7.44. The summed E-state index contributed by atoms with van der Waals surface area (Å²) in [5, 5.41) is 10.1. The SMILES string of the molecule is O=C(O)c1ccc(Cn2ccc3cc(C4=CCOCC4)cnc32)cc1. The lowest BCUT2D eigenvalue weighted by atomic mass is 10.0. The Kier molecular flexibility index (Phi) is 4.07. The molecule has 0 unspecified atom stereocenters. The summed E-state index contributed by atoms with van der Waals surface area (Å²) in [6.45, 7) is 2.09. The third kappa shape index (κ3) is 3.19. The van der Waals surface area contributed by atoms with Gasteiger partial charge in [-0.2, -0.15) is 0 Å². The van der Waals surface area contributed by atoms with E-state index in [1.54, 1.807) is 12.1 Å². The molecule has 126 valence electrons. The van der Waals surface area contributed by atoms with Crippen molar-refractivity contribution in [3.8, 4) is 0 Å². The molecule has 3 aromatic rings. The second-order valence-corrected chi connectivity index (χ2v) is 6.14. The van der Waals surface area contributed by atoms with E-state index in [0.29, 0.717) is 18.7 Å². The number of rotatable bonds is 4. The monoisotopic (exact) mass is 334 g/mol. The molecule has 0 fully saturated rings. The molecule has 1 aliphatic rings. The zero-order valence-electron chi connectivity index (χ0n) is 13.7. The van der Waals surface area contributed by atoms with Crippen molar-refractivity contribution in [3.05, 3.63) is 71.6 Å². The van der Waals surface area contributed by atoms with Crippen molar-refractivity contribution < 1.29 is 14.6 Å². The van der Waals surface area contributed by atoms with Crippen LogP contribution in [0.2, 0.25) is 0 Å². The fraction of sp³-hybridized carbons (Fsp3) is 0.200. The van der Waals surface area contributed by atoms with Gasteiger partial charge in [-0.25, -0.2) is 9.78 Å². The number of carboxylic acids is 1. The molecule has 0 aliphatic carbocycles. The number of hydrogen-bond donors (Lipinski definition) is 1. The Balaban J connectivity index is 1.60. The second-order valence-electron chi connectivity index (χ2n) is 6.14. The third-order valence-electron chi connectivity index (χ3n) is 4.49. The first-order valence-corrected chi connectivity index (χ1v) is 8.25. The lowest BCUT2D eigenvalue weighted by molar-refractivity contribution is 0.0697. The first-order valence-electron chi connectivity index (χ1n) is 8.25. The van der Waals surface area contributed by atoms with E-state index in [4.69, 9.17) is 9.84 Å². The van der Waals surface area contributed by atoms with Gasteiger partial charge in [0.05, 0.1) is 18.8 Å². The van der Waals surface area contributed by atoms with Crippen LogP contribution in [0, 0.1) is 0 Å². The number of aromatic carboxylic acids is 1. The van der Waals surface area contributed by atoms with Gasteiger partial charge in [0.25, 0.3) is 0 Å². The van der Waals surface area contributed by atoms with Crippen molar-refractivity contribution in [2.24, 2.45) is 0 Å². The highest BCUT2D eigenvalue weighted by Gasteiger charge is 2.10. The highest BCUT2D eigenvalue weighted by Crippen LogP contribution is 2.24. The Morgan fingerprint density at radius 2 is 2.08 bits per heavy atom. The number of nitrogens with zero attached hydrogens (tertiary/aromatic N) is 2. The molecule has 0 radical (unpaired) electrons. The first-order chi connectivity index (χ1) is 12.2. The molecule has 1 aromatic carbocycles. The van der Waals surface area contributed by atoms with Crippen molar-refractivity contribution in [1.29, 1.82) is 0 Å². The fourth-order valence-electron chi connectivity index (χ4n) is 3.12. The summed E-state index contributed by atoms with van der Waals surface area (Å²) in [6, 6.07) is 11.2. The molecule has 1 N–H and O–H groups in total. The molecule has 1 aliphatic heterocycles. The summed E-state index contributed by atoms with van der Waals surface area (Å²) in [7, 11) is 0. The van der Waals surface area contributed by atoms with E-state index in [9.17, 15) is 4.79 Å². The molecule has 4 rings (SSSR count). The van der Waals surface area contributed by atoms with E-state index in [0.717, 1.165) is 35.2 Å². The Bertz CT molecular complexity index is 955. The molecular weight excluding hydrogens is 316 g/mol. The fourth-order valence-corrected chi connectivity index (χ4v) is 3.12. The number of carboxylic acid groups (broad SMARTS) is 1. The standard InChI is InChI=1S/C20H18N2O3/c23-20(24)16-3-1-14(2-4-16)13-22-8-5-17-11-18(12-21-19(17)22)15-6-9-25-10-7-15/h1-6,8,11-12H,7,9-10,13H2,(H,23,24). The molecule has 5 heteroatoms. The molecule has 0 saturated carbocycles. The minimum absolute atomic E-state index is 0.300. The Morgan fingerprint density at radius 3 is 2.80 bits per heavy atom. The first kappa shape index (κ1) is 15.6. The van der Waals surface area contributed by atoms with Crippen LogP contribution in [-0.4, -0.2) is 33.8 Å². The summed E-state index contributed by atoms with van der Waals surface area (Å²) >= 11 is 0. The maximum absolute atomic E-state index is 10.9. The van der Waals surface area contributed by atoms with E-state index in [2.05, 4.69) is 27.8 Å². The van der Waals surface area contributed by atoms with Crippen molar-refractivity contribution >= 4 is 22.6 Å². The van der Waals surface area contributed by atoms with Gasteiger partial charge in [-0.1, -0.05) is 18.2 Å². The largest absolute Gasteiger partial charge is 0.478 e. The zero-order chi connectivity index (χ0) is 17.2. The van der Waals surface area contributed by atoms with E-state index in [1.165, 1.54) is 5.57 Å². The predicted molar refractivity (Wildman–Crippen MR) is 95.6 cm³/mol. The van der Waals surface area contributed by atoms with Crippen LogP contribution in [0.3, 0.4) is 0 Å². The van der Waals surface area contributed by atoms with Crippen LogP contribution in [0.4, 0.5) is 0 Å². The number of benzene rings is 1. The van der Waals surface area contributed by atoms with Gasteiger partial charge in [-0.3, -0.25) is 0 Å². The second kappa shape index (κ2) is 6.53. The maximum Gasteiger partial charge on any atom is 0.335 e. The molecule has 25 heavy (non-hydrogen) atoms. The van der Waals surface area contributed by atoms with Crippen LogP contribution in [0.1, 0.15) is 27.9 Å². The highest BCUT2D eigenvalue weighted by molar-refractivity contribution is 5.87. The lowest BCUT2D eigenvalue weighted by Gasteiger charge is -2.13. The zero-order valence-corrected chi connectivity index (χ0v) is 13.7. The van der Waals surface area contributed by atoms with Crippen molar-refractivity contribution in [3.63, 3.8) is 0 Å². The van der Waals surface area contributed by atoms with Gasteiger partial charge in [-0.15, -0.1) is 0 Å². The number of ether oxygens (including phenoxy) is 1. The molecule has 0 amide bonds. The molecule has 0 bridgehead atoms. The Hall–Kier alpha value is -2.92. The molecule has 2 aromatic heterocycles. The van der Waals surface area contributed by atoms with Gasteiger partial charge >= 0.3 is 5.97 Å². The normalized spacial score (nSPS) is 14.5. The van der Waals surface area contributed by atoms with Crippen LogP contribution >= 0.6 is 0 Å². The average Bonchev–Trinajstić information content (AvgIpc) is 3.05. The van der Waals surface area contributed by atoms with E-state index in [1.807, 2.05) is 24.5 Å². The maximum atomic E-state index is 10.9. The topological polar surface area (TPSA) is 64.3 Å². The van der Waals surface area contributed by atoms with E-state index >= 15 is 0 Å². The van der Waals surface area contributed by atoms with Gasteiger partial charge in [0.15, 0.2) is 0 Å². The summed E-state index contributed by atoms with van der Waals surface area (Å²) in [5.74, 6) is -0.908. The molecule has 0 spiro atoms. The highest BCUT2D eigenvalue weighted by atomic mass is 16.5. The van der Waals surface area contributed by atoms with Crippen LogP contribution in [0.5, 0.6) is 0 Å². The minimum atomic E-state index is -0.908. The number of aromatic nitrogens is 2. The number of hydrogen-bond acceptors (Lipinski definition) is 3. The molecule has 0 atom stereocenters. The number of fused-ring (bicyclic) bond motifs is 1. The van der Waals surface area contributed by atoms with E-state index in [-0.39, 0.29) is 0 Å². The Labute approximate surface area is 145 Å². The van der Waals surface area contributed by atoms with Crippen LogP contribution in [0.15, 0.2) is 54.9 Å². The number of pyridine rings is 1. The predicted octanol–water partition coefficient (Wildman–Crippen LogP) is 3.59. The molecule has 3 heterocycles. The molecule has 5 nitrogen and oxygen atoms in total. The quantitative estimate of drug-likeness (QED) is 0.792. The molecule has 0 saturated heterocycles. The third-order valence-corrected chi connectivity index (χ3v) is 4.49. The lowest BCUT2D eigenvalue weighted by Crippen LogP contribution is -2.04. The van der Waals surface area contributed by atoms with Crippen LogP contribution < -0.4 is 0 Å². The average molecular weight is 334 g/mol. The van der Waals surface area contributed by atoms with Crippen LogP contribution in [-0.2, 0) is 11.3 Å². The minimum Gasteiger partial charge on any atom is -0.478 e. The summed E-state index contributed by atoms with van der Waals surface area (Å²) in [6.07, 6.45) is 6.98. The van der Waals surface area contributed by atoms with Gasteiger partial charge in [0.2, 0.25) is 0 Å².